The number of rotatable bonds is 9. The third-order valence-electron chi connectivity index (χ3n) is 6.72. The Kier molecular flexibility index (Phi) is 8.02. The predicted molar refractivity (Wildman–Crippen MR) is 147 cm³/mol. The van der Waals surface area contributed by atoms with Crippen LogP contribution < -0.4 is 10.1 Å². The highest BCUT2D eigenvalue weighted by atomic mass is 32.2. The molecule has 2 heterocycles. The van der Waals surface area contributed by atoms with E-state index in [1.54, 1.807) is 24.3 Å². The first-order valence-corrected chi connectivity index (χ1v) is 13.6. The summed E-state index contributed by atoms with van der Waals surface area (Å²) < 4.78 is 10.7. The van der Waals surface area contributed by atoms with E-state index in [9.17, 15) is 29.3 Å². The second-order valence-electron chi connectivity index (χ2n) is 9.54. The molecule has 0 bridgehead atoms. The van der Waals surface area contributed by atoms with Crippen molar-refractivity contribution in [2.24, 2.45) is 0 Å². The van der Waals surface area contributed by atoms with Crippen molar-refractivity contribution in [2.45, 2.75) is 42.7 Å². The fraction of sp³-hybridized carbons (Fsp3) is 0.241. The van der Waals surface area contributed by atoms with Gasteiger partial charge in [0.05, 0.1) is 16.6 Å². The van der Waals surface area contributed by atoms with E-state index >= 15 is 0 Å². The number of thioether (sulfide) groups is 1. The van der Waals surface area contributed by atoms with E-state index in [2.05, 4.69) is 5.32 Å². The van der Waals surface area contributed by atoms with Crippen molar-refractivity contribution in [1.82, 2.24) is 10.2 Å². The first kappa shape index (κ1) is 27.8. The number of non-ortho nitro benzene ring substituents is 1. The number of amides is 2. The number of nitro benzene ring substituents is 1. The van der Waals surface area contributed by atoms with Gasteiger partial charge in [0, 0.05) is 19.1 Å². The van der Waals surface area contributed by atoms with Crippen LogP contribution in [0.3, 0.4) is 0 Å². The Morgan fingerprint density at radius 1 is 0.976 bits per heavy atom. The average molecular weight is 576 g/mol. The molecule has 0 saturated carbocycles. The molecular weight excluding hydrogens is 550 g/mol. The number of nitrogens with one attached hydrogen (secondary N) is 1. The number of carbonyl (C=O) groups is 4. The van der Waals surface area contributed by atoms with Gasteiger partial charge in [-0.15, -0.1) is 11.8 Å². The monoisotopic (exact) mass is 575 g/mol. The molecule has 2 fully saturated rings. The first-order valence-electron chi connectivity index (χ1n) is 12.7. The van der Waals surface area contributed by atoms with Gasteiger partial charge in [-0.3, -0.25) is 24.5 Å². The summed E-state index contributed by atoms with van der Waals surface area (Å²) in [7, 11) is 0. The molecule has 0 aromatic heterocycles. The SMILES string of the molecule is CC(=O)Oc1ccc([C@H]2S[C@@H]3[C@H](NC(=O)Cc4ccccc4)C(=O)N3[C@H]2C(=O)OCc2ccc([N+](=O)[O-])cc2)cc1. The van der Waals surface area contributed by atoms with Gasteiger partial charge in [0.15, 0.2) is 0 Å². The van der Waals surface area contributed by atoms with Crippen LogP contribution in [-0.4, -0.2) is 51.0 Å². The summed E-state index contributed by atoms with van der Waals surface area (Å²) in [4.78, 5) is 62.5. The van der Waals surface area contributed by atoms with Crippen LogP contribution >= 0.6 is 11.8 Å². The molecule has 0 spiro atoms. The quantitative estimate of drug-likeness (QED) is 0.134. The van der Waals surface area contributed by atoms with Crippen molar-refractivity contribution >= 4 is 41.2 Å². The van der Waals surface area contributed by atoms with E-state index in [4.69, 9.17) is 9.47 Å². The Morgan fingerprint density at radius 2 is 1.66 bits per heavy atom. The Labute approximate surface area is 239 Å². The smallest absolute Gasteiger partial charge is 0.330 e. The molecule has 2 amide bonds. The normalized spacial score (nSPS) is 20.9. The number of benzene rings is 3. The number of nitro groups is 1. The standard InChI is InChI=1S/C29H25N3O8S/c1-17(33)40-22-13-9-20(10-14-22)26-25(29(36)39-16-19-7-11-21(12-8-19)32(37)38)31-27(35)24(28(31)41-26)30-23(34)15-18-5-3-2-4-6-18/h2-14,24-26,28H,15-16H2,1H3,(H,30,34)/t24-,25-,26-,28-/m1/s1. The topological polar surface area (TPSA) is 145 Å². The maximum absolute atomic E-state index is 13.4. The minimum atomic E-state index is -0.975. The van der Waals surface area contributed by atoms with Crippen molar-refractivity contribution in [1.29, 1.82) is 0 Å². The van der Waals surface area contributed by atoms with Gasteiger partial charge in [-0.05, 0) is 41.0 Å². The van der Waals surface area contributed by atoms with Crippen LogP contribution in [-0.2, 0) is 36.9 Å². The second-order valence-corrected chi connectivity index (χ2v) is 10.8. The van der Waals surface area contributed by atoms with Crippen molar-refractivity contribution in [3.8, 4) is 5.75 Å². The lowest BCUT2D eigenvalue weighted by molar-refractivity contribution is -0.384. The van der Waals surface area contributed by atoms with E-state index in [-0.39, 0.29) is 30.5 Å². The van der Waals surface area contributed by atoms with Gasteiger partial charge in [0.25, 0.3) is 5.69 Å². The maximum atomic E-state index is 13.4. The fourth-order valence-corrected chi connectivity index (χ4v) is 6.49. The van der Waals surface area contributed by atoms with E-state index in [0.717, 1.165) is 5.56 Å². The van der Waals surface area contributed by atoms with Crippen LogP contribution in [0.1, 0.15) is 28.9 Å². The third kappa shape index (κ3) is 6.07. The molecule has 1 N–H and O–H groups in total. The summed E-state index contributed by atoms with van der Waals surface area (Å²) in [6.45, 7) is 1.15. The largest absolute Gasteiger partial charge is 0.459 e. The predicted octanol–water partition coefficient (Wildman–Crippen LogP) is 3.32. The highest BCUT2D eigenvalue weighted by Gasteiger charge is 2.61. The number of nitrogens with zero attached hydrogens (tertiary/aromatic N) is 2. The highest BCUT2D eigenvalue weighted by molar-refractivity contribution is 8.00. The molecule has 41 heavy (non-hydrogen) atoms. The van der Waals surface area contributed by atoms with Gasteiger partial charge in [-0.25, -0.2) is 4.79 Å². The van der Waals surface area contributed by atoms with Gasteiger partial charge in [-0.2, -0.15) is 0 Å². The highest BCUT2D eigenvalue weighted by Crippen LogP contribution is 2.52. The molecule has 11 nitrogen and oxygen atoms in total. The lowest BCUT2D eigenvalue weighted by atomic mass is 9.98. The van der Waals surface area contributed by atoms with Gasteiger partial charge in [-0.1, -0.05) is 42.5 Å². The molecule has 12 heteroatoms. The fourth-order valence-electron chi connectivity index (χ4n) is 4.78. The van der Waals surface area contributed by atoms with Crippen LogP contribution in [0, 0.1) is 10.1 Å². The summed E-state index contributed by atoms with van der Waals surface area (Å²) in [5, 5.41) is 12.7. The average Bonchev–Trinajstić information content (AvgIpc) is 3.32. The van der Waals surface area contributed by atoms with Crippen molar-refractivity contribution in [3.05, 3.63) is 106 Å². The first-order chi connectivity index (χ1) is 19.7. The zero-order valence-electron chi connectivity index (χ0n) is 21.8. The Morgan fingerprint density at radius 3 is 2.29 bits per heavy atom. The summed E-state index contributed by atoms with van der Waals surface area (Å²) in [5.74, 6) is -1.46. The molecule has 0 radical (unpaired) electrons. The van der Waals surface area contributed by atoms with Crippen LogP contribution in [0.2, 0.25) is 0 Å². The molecule has 0 aliphatic carbocycles. The maximum Gasteiger partial charge on any atom is 0.330 e. The molecular formula is C29H25N3O8S. The molecule has 2 aliphatic rings. The van der Waals surface area contributed by atoms with Crippen molar-refractivity contribution in [2.75, 3.05) is 0 Å². The van der Waals surface area contributed by atoms with Crippen molar-refractivity contribution < 1.29 is 33.6 Å². The van der Waals surface area contributed by atoms with Crippen LogP contribution in [0.4, 0.5) is 5.69 Å². The number of hydrogen-bond donors (Lipinski definition) is 1. The van der Waals surface area contributed by atoms with Gasteiger partial charge >= 0.3 is 11.9 Å². The molecule has 5 rings (SSSR count). The van der Waals surface area contributed by atoms with E-state index in [1.165, 1.54) is 47.9 Å². The number of esters is 2. The minimum Gasteiger partial charge on any atom is -0.459 e. The number of carbonyl (C=O) groups excluding carboxylic acids is 4. The molecule has 2 saturated heterocycles. The summed E-state index contributed by atoms with van der Waals surface area (Å²) >= 11 is 1.36. The van der Waals surface area contributed by atoms with Crippen molar-refractivity contribution in [3.63, 3.8) is 0 Å². The van der Waals surface area contributed by atoms with Crippen LogP contribution in [0.25, 0.3) is 0 Å². The zero-order chi connectivity index (χ0) is 29.1. The lowest BCUT2D eigenvalue weighted by Crippen LogP contribution is -2.70. The molecule has 0 unspecified atom stereocenters. The number of hydrogen-bond acceptors (Lipinski definition) is 9. The summed E-state index contributed by atoms with van der Waals surface area (Å²) in [6, 6.07) is 19.7. The molecule has 210 valence electrons. The van der Waals surface area contributed by atoms with E-state index in [1.807, 2.05) is 30.3 Å². The molecule has 3 aromatic carbocycles. The van der Waals surface area contributed by atoms with Gasteiger partial charge < -0.3 is 19.7 Å². The van der Waals surface area contributed by atoms with E-state index in [0.29, 0.717) is 16.9 Å². The number of fused-ring (bicyclic) bond motifs is 1. The second kappa shape index (κ2) is 11.8. The van der Waals surface area contributed by atoms with Gasteiger partial charge in [0.2, 0.25) is 11.8 Å². The third-order valence-corrected chi connectivity index (χ3v) is 8.32. The van der Waals surface area contributed by atoms with Crippen LogP contribution in [0.15, 0.2) is 78.9 Å². The number of ether oxygens (including phenoxy) is 2. The zero-order valence-corrected chi connectivity index (χ0v) is 22.6. The Bertz CT molecular complexity index is 1480. The summed E-state index contributed by atoms with van der Waals surface area (Å²) in [5.41, 5.74) is 1.99. The number of β-lactam (4-membered cyclic amide) rings is 1. The molecule has 2 aliphatic heterocycles. The summed E-state index contributed by atoms with van der Waals surface area (Å²) in [6.07, 6.45) is 0.115. The molecule has 3 aromatic rings. The Hall–Kier alpha value is -4.71. The lowest BCUT2D eigenvalue weighted by Gasteiger charge is -2.43. The van der Waals surface area contributed by atoms with Gasteiger partial charge in [0.1, 0.15) is 29.8 Å². The molecule has 4 atom stereocenters. The van der Waals surface area contributed by atoms with Crippen LogP contribution in [0.5, 0.6) is 5.75 Å². The van der Waals surface area contributed by atoms with E-state index < -0.39 is 39.6 Å². The minimum absolute atomic E-state index is 0.0843. The Balaban J connectivity index is 1.32.